The Morgan fingerprint density at radius 2 is 2.12 bits per heavy atom. The SMILES string of the molecule is C[C@@H](O)c1nc2cnc3[nH]ccc3c2n1N1CCC(NS(C)(=O)=O)CC1. The first-order valence-electron chi connectivity index (χ1n) is 8.58. The number of aromatic nitrogens is 4. The maximum atomic E-state index is 11.5. The molecule has 3 aromatic heterocycles. The minimum absolute atomic E-state index is 0.0695. The summed E-state index contributed by atoms with van der Waals surface area (Å²) in [6.45, 7) is 3.01. The molecule has 3 N–H and O–H groups in total. The molecule has 0 amide bonds. The van der Waals surface area contributed by atoms with Gasteiger partial charge in [0, 0.05) is 30.7 Å². The van der Waals surface area contributed by atoms with Crippen LogP contribution in [0.3, 0.4) is 0 Å². The van der Waals surface area contributed by atoms with E-state index in [9.17, 15) is 13.5 Å². The molecular formula is C16H22N6O3S. The predicted octanol–water partition coefficient (Wildman–Crippen LogP) is 0.615. The van der Waals surface area contributed by atoms with Gasteiger partial charge in [-0.25, -0.2) is 27.8 Å². The topological polar surface area (TPSA) is 116 Å². The largest absolute Gasteiger partial charge is 0.385 e. The van der Waals surface area contributed by atoms with E-state index in [1.165, 1.54) is 6.26 Å². The summed E-state index contributed by atoms with van der Waals surface area (Å²) in [7, 11) is -3.21. The van der Waals surface area contributed by atoms with Crippen molar-refractivity contribution in [2.45, 2.75) is 31.9 Å². The van der Waals surface area contributed by atoms with E-state index in [0.29, 0.717) is 31.8 Å². The summed E-state index contributed by atoms with van der Waals surface area (Å²) in [4.78, 5) is 12.1. The van der Waals surface area contributed by atoms with Crippen LogP contribution in [-0.2, 0) is 10.0 Å². The molecule has 0 bridgehead atoms. The Hall–Kier alpha value is -2.17. The zero-order valence-electron chi connectivity index (χ0n) is 14.7. The van der Waals surface area contributed by atoms with E-state index in [4.69, 9.17) is 0 Å². The second-order valence-corrected chi connectivity index (χ2v) is 8.59. The molecule has 3 aromatic rings. The second kappa shape index (κ2) is 6.22. The van der Waals surface area contributed by atoms with Gasteiger partial charge >= 0.3 is 0 Å². The fourth-order valence-corrected chi connectivity index (χ4v) is 4.46. The normalized spacial score (nSPS) is 18.0. The number of hydrogen-bond donors (Lipinski definition) is 3. The van der Waals surface area contributed by atoms with Crippen molar-refractivity contribution < 1.29 is 13.5 Å². The molecule has 26 heavy (non-hydrogen) atoms. The molecule has 1 fully saturated rings. The quantitative estimate of drug-likeness (QED) is 0.613. The first kappa shape index (κ1) is 17.3. The molecule has 9 nitrogen and oxygen atoms in total. The number of aliphatic hydroxyl groups is 1. The molecule has 10 heteroatoms. The highest BCUT2D eigenvalue weighted by atomic mass is 32.2. The molecule has 0 aliphatic carbocycles. The minimum atomic E-state index is -3.21. The number of H-pyrrole nitrogens is 1. The third kappa shape index (κ3) is 3.04. The molecule has 4 rings (SSSR count). The summed E-state index contributed by atoms with van der Waals surface area (Å²) < 4.78 is 27.6. The van der Waals surface area contributed by atoms with Crippen LogP contribution in [0.5, 0.6) is 0 Å². The fourth-order valence-electron chi connectivity index (χ4n) is 3.62. The molecular weight excluding hydrogens is 356 g/mol. The van der Waals surface area contributed by atoms with Crippen LogP contribution in [0.1, 0.15) is 31.7 Å². The molecule has 0 saturated carbocycles. The summed E-state index contributed by atoms with van der Waals surface area (Å²) in [5.41, 5.74) is 2.40. The Morgan fingerprint density at radius 1 is 1.38 bits per heavy atom. The maximum absolute atomic E-state index is 11.5. The monoisotopic (exact) mass is 378 g/mol. The number of hydrogen-bond acceptors (Lipinski definition) is 6. The molecule has 0 radical (unpaired) electrons. The number of fused-ring (bicyclic) bond motifs is 3. The van der Waals surface area contributed by atoms with Gasteiger partial charge < -0.3 is 15.1 Å². The summed E-state index contributed by atoms with van der Waals surface area (Å²) in [6, 6.07) is 1.88. The van der Waals surface area contributed by atoms with E-state index >= 15 is 0 Å². The Morgan fingerprint density at radius 3 is 2.77 bits per heavy atom. The van der Waals surface area contributed by atoms with Crippen molar-refractivity contribution in [1.82, 2.24) is 24.4 Å². The highest BCUT2D eigenvalue weighted by molar-refractivity contribution is 7.88. The van der Waals surface area contributed by atoms with Crippen molar-refractivity contribution in [3.8, 4) is 0 Å². The number of imidazole rings is 1. The first-order chi connectivity index (χ1) is 12.3. The van der Waals surface area contributed by atoms with E-state index in [2.05, 4.69) is 24.7 Å². The first-order valence-corrected chi connectivity index (χ1v) is 10.5. The van der Waals surface area contributed by atoms with Crippen LogP contribution in [0.15, 0.2) is 18.5 Å². The molecule has 0 unspecified atom stereocenters. The predicted molar refractivity (Wildman–Crippen MR) is 99.0 cm³/mol. The molecule has 1 aliphatic rings. The van der Waals surface area contributed by atoms with E-state index in [-0.39, 0.29) is 6.04 Å². The molecule has 140 valence electrons. The van der Waals surface area contributed by atoms with Crippen LogP contribution in [0, 0.1) is 0 Å². The number of nitrogens with one attached hydrogen (secondary N) is 2. The number of aromatic amines is 1. The van der Waals surface area contributed by atoms with Crippen LogP contribution >= 0.6 is 0 Å². The molecule has 4 heterocycles. The van der Waals surface area contributed by atoms with Crippen molar-refractivity contribution >= 4 is 32.1 Å². The summed E-state index contributed by atoms with van der Waals surface area (Å²) in [6.07, 6.45) is 5.36. The number of sulfonamides is 1. The summed E-state index contributed by atoms with van der Waals surface area (Å²) in [5, 5.41) is 13.3. The van der Waals surface area contributed by atoms with E-state index in [0.717, 1.165) is 22.1 Å². The number of aliphatic hydroxyl groups excluding tert-OH is 1. The van der Waals surface area contributed by atoms with Crippen molar-refractivity contribution in [2.24, 2.45) is 0 Å². The Kier molecular flexibility index (Phi) is 4.13. The second-order valence-electron chi connectivity index (χ2n) is 6.81. The van der Waals surface area contributed by atoms with Crippen LogP contribution in [-0.4, -0.2) is 58.5 Å². The number of rotatable bonds is 4. The summed E-state index contributed by atoms with van der Waals surface area (Å²) >= 11 is 0. The van der Waals surface area contributed by atoms with Gasteiger partial charge in [-0.1, -0.05) is 0 Å². The zero-order chi connectivity index (χ0) is 18.5. The van der Waals surface area contributed by atoms with Crippen molar-refractivity contribution in [3.05, 3.63) is 24.3 Å². The van der Waals surface area contributed by atoms with Gasteiger partial charge in [-0.15, -0.1) is 0 Å². The fraction of sp³-hybridized carbons (Fsp3) is 0.500. The molecule has 1 aliphatic heterocycles. The van der Waals surface area contributed by atoms with Gasteiger partial charge in [-0.05, 0) is 25.8 Å². The Balaban J connectivity index is 1.74. The lowest BCUT2D eigenvalue weighted by atomic mass is 10.1. The minimum Gasteiger partial charge on any atom is -0.385 e. The number of pyridine rings is 1. The van der Waals surface area contributed by atoms with E-state index in [1.807, 2.05) is 16.9 Å². The average molecular weight is 378 g/mol. The van der Waals surface area contributed by atoms with Crippen molar-refractivity contribution in [2.75, 3.05) is 24.4 Å². The maximum Gasteiger partial charge on any atom is 0.208 e. The van der Waals surface area contributed by atoms with Gasteiger partial charge in [0.2, 0.25) is 10.0 Å². The number of piperidine rings is 1. The van der Waals surface area contributed by atoms with Crippen molar-refractivity contribution in [1.29, 1.82) is 0 Å². The molecule has 0 spiro atoms. The molecule has 1 saturated heterocycles. The van der Waals surface area contributed by atoms with Gasteiger partial charge in [-0.3, -0.25) is 0 Å². The highest BCUT2D eigenvalue weighted by Crippen LogP contribution is 2.28. The molecule has 1 atom stereocenters. The van der Waals surface area contributed by atoms with E-state index < -0.39 is 16.1 Å². The third-order valence-corrected chi connectivity index (χ3v) is 5.47. The highest BCUT2D eigenvalue weighted by Gasteiger charge is 2.27. The smallest absolute Gasteiger partial charge is 0.208 e. The lowest BCUT2D eigenvalue weighted by Crippen LogP contribution is -2.48. The van der Waals surface area contributed by atoms with Crippen LogP contribution in [0.25, 0.3) is 22.1 Å². The number of nitrogens with zero attached hydrogens (tertiary/aromatic N) is 4. The van der Waals surface area contributed by atoms with Crippen LogP contribution in [0.2, 0.25) is 0 Å². The third-order valence-electron chi connectivity index (χ3n) is 4.71. The Labute approximate surface area is 151 Å². The van der Waals surface area contributed by atoms with Gasteiger partial charge in [0.15, 0.2) is 5.82 Å². The van der Waals surface area contributed by atoms with Gasteiger partial charge in [0.25, 0.3) is 0 Å². The zero-order valence-corrected chi connectivity index (χ0v) is 15.5. The standard InChI is InChI=1S/C16H22N6O3S/c1-10(23)16-19-13-9-18-15-12(3-6-17-15)14(13)22(16)21-7-4-11(5-8-21)20-26(2,24)25/h3,6,9-11,20,23H,4-5,7-8H2,1-2H3,(H,17,18)/t10-/m1/s1. The average Bonchev–Trinajstić information content (AvgIpc) is 3.17. The van der Waals surface area contributed by atoms with Gasteiger partial charge in [0.1, 0.15) is 22.8 Å². The van der Waals surface area contributed by atoms with Gasteiger partial charge in [-0.2, -0.15) is 0 Å². The Bertz CT molecular complexity index is 1050. The lowest BCUT2D eigenvalue weighted by molar-refractivity contribution is 0.182. The summed E-state index contributed by atoms with van der Waals surface area (Å²) in [5.74, 6) is 0.560. The molecule has 0 aromatic carbocycles. The van der Waals surface area contributed by atoms with E-state index in [1.54, 1.807) is 13.1 Å². The van der Waals surface area contributed by atoms with Crippen LogP contribution < -0.4 is 9.73 Å². The lowest BCUT2D eigenvalue weighted by Gasteiger charge is -2.35. The van der Waals surface area contributed by atoms with Crippen molar-refractivity contribution in [3.63, 3.8) is 0 Å². The van der Waals surface area contributed by atoms with Crippen LogP contribution in [0.4, 0.5) is 0 Å². The van der Waals surface area contributed by atoms with Gasteiger partial charge in [0.05, 0.1) is 12.5 Å².